The lowest BCUT2D eigenvalue weighted by molar-refractivity contribution is -0.133. The minimum atomic E-state index is -1.09. The summed E-state index contributed by atoms with van der Waals surface area (Å²) < 4.78 is 0. The van der Waals surface area contributed by atoms with Crippen LogP contribution in [0.4, 0.5) is 0 Å². The number of carboxylic acid groups (broad SMARTS) is 1. The molecule has 5 nitrogen and oxygen atoms in total. The van der Waals surface area contributed by atoms with Crippen molar-refractivity contribution in [1.29, 1.82) is 0 Å². The van der Waals surface area contributed by atoms with Crippen molar-refractivity contribution in [2.45, 2.75) is 27.3 Å². The summed E-state index contributed by atoms with van der Waals surface area (Å²) >= 11 is 0. The first-order chi connectivity index (χ1) is 8.41. The van der Waals surface area contributed by atoms with Gasteiger partial charge in [0.15, 0.2) is 0 Å². The summed E-state index contributed by atoms with van der Waals surface area (Å²) in [7, 11) is 0. The Morgan fingerprint density at radius 1 is 1.28 bits per heavy atom. The van der Waals surface area contributed by atoms with Crippen LogP contribution < -0.4 is 5.32 Å². The third kappa shape index (κ3) is 3.69. The van der Waals surface area contributed by atoms with Gasteiger partial charge in [0.25, 0.3) is 0 Å². The predicted molar refractivity (Wildman–Crippen MR) is 66.8 cm³/mol. The van der Waals surface area contributed by atoms with Crippen LogP contribution in [0.1, 0.15) is 25.2 Å². The van der Waals surface area contributed by atoms with Gasteiger partial charge < -0.3 is 10.4 Å². The number of nitrogens with one attached hydrogen (secondary N) is 1. The zero-order valence-electron chi connectivity index (χ0n) is 10.7. The number of nitrogens with zero attached hydrogens (tertiary/aromatic N) is 1. The first-order valence-electron chi connectivity index (χ1n) is 5.53. The first-order valence-corrected chi connectivity index (χ1v) is 5.53. The van der Waals surface area contributed by atoms with Crippen molar-refractivity contribution < 1.29 is 14.7 Å². The number of carbonyl (C=O) groups is 2. The van der Waals surface area contributed by atoms with Gasteiger partial charge in [0.1, 0.15) is 0 Å². The molecule has 0 aliphatic rings. The molecule has 96 valence electrons. The van der Waals surface area contributed by atoms with Gasteiger partial charge in [-0.3, -0.25) is 9.78 Å². The molecule has 2 N–H and O–H groups in total. The van der Waals surface area contributed by atoms with Gasteiger partial charge in [-0.15, -0.1) is 0 Å². The van der Waals surface area contributed by atoms with Crippen LogP contribution in [0, 0.1) is 6.92 Å². The molecular weight excluding hydrogens is 232 g/mol. The maximum Gasteiger partial charge on any atom is 0.331 e. The summed E-state index contributed by atoms with van der Waals surface area (Å²) in [6.45, 7) is 5.04. The maximum absolute atomic E-state index is 11.7. The van der Waals surface area contributed by atoms with Gasteiger partial charge in [-0.2, -0.15) is 0 Å². The number of carboxylic acids is 1. The fourth-order valence-corrected chi connectivity index (χ4v) is 1.33. The molecule has 1 heterocycles. The molecule has 0 unspecified atom stereocenters. The average molecular weight is 248 g/mol. The molecule has 0 aromatic carbocycles. The van der Waals surface area contributed by atoms with Crippen LogP contribution in [0.2, 0.25) is 0 Å². The zero-order valence-corrected chi connectivity index (χ0v) is 10.7. The van der Waals surface area contributed by atoms with Crippen molar-refractivity contribution in [3.63, 3.8) is 0 Å². The number of aryl methyl sites for hydroxylation is 1. The highest BCUT2D eigenvalue weighted by Crippen LogP contribution is 2.04. The molecular formula is C13H16N2O3. The molecule has 0 atom stereocenters. The van der Waals surface area contributed by atoms with E-state index in [4.69, 9.17) is 5.11 Å². The van der Waals surface area contributed by atoms with E-state index < -0.39 is 11.9 Å². The highest BCUT2D eigenvalue weighted by Gasteiger charge is 2.12. The summed E-state index contributed by atoms with van der Waals surface area (Å²) in [6.07, 6.45) is 0. The van der Waals surface area contributed by atoms with E-state index in [9.17, 15) is 9.59 Å². The summed E-state index contributed by atoms with van der Waals surface area (Å²) in [6, 6.07) is 5.52. The van der Waals surface area contributed by atoms with Gasteiger partial charge in [0, 0.05) is 16.8 Å². The van der Waals surface area contributed by atoms with E-state index in [1.54, 1.807) is 6.07 Å². The molecule has 0 saturated carbocycles. The Hall–Kier alpha value is -2.17. The largest absolute Gasteiger partial charge is 0.478 e. The Morgan fingerprint density at radius 2 is 1.94 bits per heavy atom. The molecule has 5 heteroatoms. The number of hydrogen-bond donors (Lipinski definition) is 2. The lowest BCUT2D eigenvalue weighted by Gasteiger charge is -2.07. The van der Waals surface area contributed by atoms with Crippen LogP contribution in [0.5, 0.6) is 0 Å². The van der Waals surface area contributed by atoms with Crippen LogP contribution in [0.3, 0.4) is 0 Å². The number of carbonyl (C=O) groups excluding carboxylic acids is 1. The minimum Gasteiger partial charge on any atom is -0.478 e. The fourth-order valence-electron chi connectivity index (χ4n) is 1.33. The van der Waals surface area contributed by atoms with Gasteiger partial charge in [0.2, 0.25) is 5.91 Å². The van der Waals surface area contributed by atoms with Gasteiger partial charge in [-0.25, -0.2) is 4.79 Å². The Morgan fingerprint density at radius 3 is 2.50 bits per heavy atom. The van der Waals surface area contributed by atoms with E-state index in [0.29, 0.717) is 0 Å². The normalized spacial score (nSPS) is 11.7. The monoisotopic (exact) mass is 248 g/mol. The van der Waals surface area contributed by atoms with Gasteiger partial charge in [0.05, 0.1) is 12.2 Å². The second-order valence-corrected chi connectivity index (χ2v) is 4.01. The Kier molecular flexibility index (Phi) is 4.59. The van der Waals surface area contributed by atoms with E-state index in [2.05, 4.69) is 10.3 Å². The fraction of sp³-hybridized carbons (Fsp3) is 0.308. The smallest absolute Gasteiger partial charge is 0.331 e. The van der Waals surface area contributed by atoms with E-state index in [1.807, 2.05) is 19.1 Å². The molecule has 1 rings (SSSR count). The van der Waals surface area contributed by atoms with Crippen LogP contribution in [-0.4, -0.2) is 22.0 Å². The minimum absolute atomic E-state index is 0.0460. The maximum atomic E-state index is 11.7. The molecule has 1 aromatic heterocycles. The number of hydrogen-bond acceptors (Lipinski definition) is 3. The Bertz CT molecular complexity index is 507. The van der Waals surface area contributed by atoms with Gasteiger partial charge >= 0.3 is 5.97 Å². The van der Waals surface area contributed by atoms with Crippen molar-refractivity contribution >= 4 is 11.9 Å². The highest BCUT2D eigenvalue weighted by atomic mass is 16.4. The topological polar surface area (TPSA) is 79.3 Å². The lowest BCUT2D eigenvalue weighted by atomic mass is 10.1. The van der Waals surface area contributed by atoms with E-state index in [-0.39, 0.29) is 17.7 Å². The van der Waals surface area contributed by atoms with Crippen molar-refractivity contribution in [2.75, 3.05) is 0 Å². The molecule has 1 aromatic rings. The number of aliphatic carboxylic acids is 1. The predicted octanol–water partition coefficient (Wildman–Crippen LogP) is 1.43. The number of pyridine rings is 1. The number of amides is 1. The quantitative estimate of drug-likeness (QED) is 0.790. The molecule has 0 aliphatic carbocycles. The zero-order chi connectivity index (χ0) is 13.7. The molecule has 18 heavy (non-hydrogen) atoms. The number of aromatic nitrogens is 1. The van der Waals surface area contributed by atoms with Crippen LogP contribution >= 0.6 is 0 Å². The summed E-state index contributed by atoms with van der Waals surface area (Å²) in [5, 5.41) is 11.4. The summed E-state index contributed by atoms with van der Waals surface area (Å²) in [5.74, 6) is -1.48. The molecule has 0 bridgehead atoms. The molecule has 0 spiro atoms. The van der Waals surface area contributed by atoms with Gasteiger partial charge in [-0.1, -0.05) is 6.07 Å². The molecule has 0 aliphatic heterocycles. The molecule has 0 fully saturated rings. The standard InChI is InChI=1S/C13H16N2O3/c1-8-5-4-6-11(15-8)7-14-12(16)9(2)10(3)13(17)18/h4-6H,7H2,1-3H3,(H,14,16)(H,17,18). The second-order valence-electron chi connectivity index (χ2n) is 4.01. The first kappa shape index (κ1) is 13.9. The van der Waals surface area contributed by atoms with Crippen LogP contribution in [0.25, 0.3) is 0 Å². The molecule has 0 radical (unpaired) electrons. The second kappa shape index (κ2) is 5.95. The Labute approximate surface area is 106 Å². The van der Waals surface area contributed by atoms with Crippen molar-refractivity contribution in [1.82, 2.24) is 10.3 Å². The Balaban J connectivity index is 2.67. The number of rotatable bonds is 4. The van der Waals surface area contributed by atoms with Crippen molar-refractivity contribution in [3.05, 3.63) is 40.7 Å². The highest BCUT2D eigenvalue weighted by molar-refractivity contribution is 6.01. The van der Waals surface area contributed by atoms with Crippen LogP contribution in [-0.2, 0) is 16.1 Å². The molecule has 1 amide bonds. The van der Waals surface area contributed by atoms with Crippen LogP contribution in [0.15, 0.2) is 29.3 Å². The average Bonchev–Trinajstić information content (AvgIpc) is 2.34. The van der Waals surface area contributed by atoms with E-state index in [1.165, 1.54) is 13.8 Å². The van der Waals surface area contributed by atoms with Crippen molar-refractivity contribution in [2.24, 2.45) is 0 Å². The van der Waals surface area contributed by atoms with E-state index in [0.717, 1.165) is 11.4 Å². The molecule has 0 saturated heterocycles. The summed E-state index contributed by atoms with van der Waals surface area (Å²) in [5.41, 5.74) is 1.86. The van der Waals surface area contributed by atoms with E-state index >= 15 is 0 Å². The third-order valence-corrected chi connectivity index (χ3v) is 2.60. The van der Waals surface area contributed by atoms with Crippen molar-refractivity contribution in [3.8, 4) is 0 Å². The SMILES string of the molecule is CC(C(=O)O)=C(C)C(=O)NCc1cccc(C)n1. The lowest BCUT2D eigenvalue weighted by Crippen LogP contribution is -2.25. The third-order valence-electron chi connectivity index (χ3n) is 2.60. The summed E-state index contributed by atoms with van der Waals surface area (Å²) in [4.78, 5) is 26.6. The van der Waals surface area contributed by atoms with Gasteiger partial charge in [-0.05, 0) is 32.9 Å².